The first-order chi connectivity index (χ1) is 60.7. The number of hydrogen-bond acceptors (Lipinski definition) is 27. The minimum Gasteiger partial charge on any atom is -0.481 e. The van der Waals surface area contributed by atoms with Crippen LogP contribution in [0, 0.1) is 160 Å². The van der Waals surface area contributed by atoms with Gasteiger partial charge in [0.1, 0.15) is 6.10 Å². The number of esters is 11. The highest BCUT2D eigenvalue weighted by molar-refractivity contribution is 5.84. The highest BCUT2D eigenvalue weighted by atomic mass is 16.6. The zero-order valence-electron chi connectivity index (χ0n) is 82.3. The number of carbonyl (C=O) groups excluding carboxylic acids is 11. The topological polar surface area (TPSA) is 476 Å². The van der Waals surface area contributed by atoms with Gasteiger partial charge < -0.3 is 77.6 Å². The molecule has 0 heterocycles. The van der Waals surface area contributed by atoms with E-state index in [1.54, 1.807) is 104 Å². The highest BCUT2D eigenvalue weighted by Crippen LogP contribution is 2.41. The van der Waals surface area contributed by atoms with E-state index in [2.05, 4.69) is 0 Å². The molecule has 1 saturated carbocycles. The van der Waals surface area contributed by atoms with Crippen molar-refractivity contribution in [2.45, 2.75) is 300 Å². The molecule has 0 spiro atoms. The average molecular weight is 1850 g/mol. The molecule has 5 N–H and O–H groups in total. The Kier molecular flexibility index (Phi) is 57.8. The van der Waals surface area contributed by atoms with Crippen LogP contribution in [0.1, 0.15) is 294 Å². The largest absolute Gasteiger partial charge is 0.481 e. The van der Waals surface area contributed by atoms with Crippen LogP contribution in [0.3, 0.4) is 0 Å². The first-order valence-electron chi connectivity index (χ1n) is 47.7. The monoisotopic (exact) mass is 1850 g/mol. The van der Waals surface area contributed by atoms with Gasteiger partial charge in [0.05, 0.1) is 161 Å². The van der Waals surface area contributed by atoms with E-state index < -0.39 is 273 Å². The molecule has 0 amide bonds. The van der Waals surface area contributed by atoms with Crippen LogP contribution in [-0.4, -0.2) is 193 Å². The molecule has 0 radical (unpaired) electrons. The Morgan fingerprint density at radius 2 is 0.369 bits per heavy atom. The standard InChI is InChI=1S/C98H164O32/c1-24-66-28-26-27-29-82(66)130-88(109)65(23)30-68(83(99)100)32-69(84(101)102)33-70(85(103)104)34-71(86(105)106)35-72(87(107)108)36-74(91(112)122-47-57(7)8)38-76(93(114)124-49-59(11)12)40-78(95(116)126-51-61(15)16)42-80(97(118)128-53-63(19)20)44-81(98(119)129-54-64(21)22)43-79(96(117)127-52-62(17)18)41-77(94(115)125-50-60(13)14)39-75(92(113)123-48-58(9)10)37-73(90(111)121-46-56(5)6)31-67(25-2)89(110)120-45-55(3)4/h55-82H,24-54H2,1-23H3,(H,99,100)(H,101,102)(H,103,104)(H,105,106)(H,107,108). The van der Waals surface area contributed by atoms with Crippen molar-refractivity contribution >= 4 is 95.5 Å². The lowest BCUT2D eigenvalue weighted by molar-refractivity contribution is -0.161. The van der Waals surface area contributed by atoms with Crippen molar-refractivity contribution in [2.75, 3.05) is 66.1 Å². The SMILES string of the molecule is CCC(CC(CC(CC(CC(CC(CC(CC(CC(CC(CC(CC(CC(CC(CC(CC(C)C(=O)OC1CCCCC1CC)C(=O)O)C(=O)O)C(=O)O)C(=O)O)C(=O)O)C(=O)OCC(C)C)C(=O)OCC(C)C)C(=O)OCC(C)C)C(=O)OCC(C)C)C(=O)OCC(C)C)C(=O)OCC(C)C)C(=O)OCC(C)C)C(=O)OCC(C)C)C(=O)OCC(C)C)C(=O)OCC(C)C. The number of ether oxygens (including phenoxy) is 11. The van der Waals surface area contributed by atoms with Gasteiger partial charge in [0, 0.05) is 0 Å². The molecule has 1 aliphatic rings. The molecular formula is C98H164O32. The molecule has 130 heavy (non-hydrogen) atoms. The summed E-state index contributed by atoms with van der Waals surface area (Å²) in [6, 6.07) is 0. The number of aliphatic carboxylic acids is 5. The van der Waals surface area contributed by atoms with E-state index >= 15 is 28.8 Å². The molecule has 0 aromatic rings. The van der Waals surface area contributed by atoms with E-state index in [0.29, 0.717) is 6.42 Å². The van der Waals surface area contributed by atoms with Gasteiger partial charge in [-0.1, -0.05) is 166 Å². The molecule has 748 valence electrons. The van der Waals surface area contributed by atoms with Gasteiger partial charge in [0.2, 0.25) is 0 Å². The van der Waals surface area contributed by atoms with Crippen molar-refractivity contribution in [1.82, 2.24) is 0 Å². The van der Waals surface area contributed by atoms with Gasteiger partial charge in [0.25, 0.3) is 0 Å². The molecule has 18 atom stereocenters. The third-order valence-electron chi connectivity index (χ3n) is 22.8. The molecule has 0 saturated heterocycles. The predicted molar refractivity (Wildman–Crippen MR) is 479 cm³/mol. The summed E-state index contributed by atoms with van der Waals surface area (Å²) in [5, 5.41) is 53.7. The van der Waals surface area contributed by atoms with E-state index in [-0.39, 0.29) is 157 Å². The van der Waals surface area contributed by atoms with Crippen molar-refractivity contribution in [1.29, 1.82) is 0 Å². The molecule has 0 aromatic carbocycles. The van der Waals surface area contributed by atoms with Gasteiger partial charge in [-0.25, -0.2) is 0 Å². The van der Waals surface area contributed by atoms with E-state index in [0.717, 1.165) is 25.7 Å². The van der Waals surface area contributed by atoms with Crippen LogP contribution < -0.4 is 0 Å². The van der Waals surface area contributed by atoms with Crippen LogP contribution in [0.25, 0.3) is 0 Å². The Labute approximate surface area is 772 Å². The molecule has 1 aliphatic carbocycles. The Balaban J connectivity index is 4.59. The summed E-state index contributed by atoms with van der Waals surface area (Å²) in [5.41, 5.74) is 0. The summed E-state index contributed by atoms with van der Waals surface area (Å²) < 4.78 is 64.8. The lowest BCUT2D eigenvalue weighted by Crippen LogP contribution is -2.37. The summed E-state index contributed by atoms with van der Waals surface area (Å²) in [5.74, 6) is -44.5. The van der Waals surface area contributed by atoms with Crippen molar-refractivity contribution < 1.29 is 154 Å². The van der Waals surface area contributed by atoms with Gasteiger partial charge in [-0.15, -0.1) is 0 Å². The van der Waals surface area contributed by atoms with Gasteiger partial charge in [0.15, 0.2) is 0 Å². The molecule has 0 aromatic heterocycles. The minimum atomic E-state index is -1.91. The summed E-state index contributed by atoms with van der Waals surface area (Å²) in [7, 11) is 0. The zero-order valence-corrected chi connectivity index (χ0v) is 82.3. The predicted octanol–water partition coefficient (Wildman–Crippen LogP) is 16.1. The summed E-state index contributed by atoms with van der Waals surface area (Å²) in [6.07, 6.45) is -5.17. The highest BCUT2D eigenvalue weighted by Gasteiger charge is 2.46. The van der Waals surface area contributed by atoms with Crippen LogP contribution in [0.2, 0.25) is 0 Å². The van der Waals surface area contributed by atoms with Crippen LogP contribution >= 0.6 is 0 Å². The normalized spacial score (nSPS) is 17.4. The number of carbonyl (C=O) groups is 16. The summed E-state index contributed by atoms with van der Waals surface area (Å²) in [4.78, 5) is 229. The number of hydrogen-bond donors (Lipinski definition) is 5. The van der Waals surface area contributed by atoms with E-state index in [9.17, 15) is 73.5 Å². The average Bonchev–Trinajstić information content (AvgIpc) is 0.354. The maximum atomic E-state index is 15.3. The number of carboxylic acids is 5. The summed E-state index contributed by atoms with van der Waals surface area (Å²) in [6.45, 7) is 39.2. The van der Waals surface area contributed by atoms with Crippen LogP contribution in [0.5, 0.6) is 0 Å². The number of carboxylic acid groups (broad SMARTS) is 5. The van der Waals surface area contributed by atoms with Crippen molar-refractivity contribution in [2.24, 2.45) is 160 Å². The van der Waals surface area contributed by atoms with E-state index in [1.807, 2.05) is 48.5 Å². The second kappa shape index (κ2) is 62.8. The van der Waals surface area contributed by atoms with Crippen molar-refractivity contribution in [3.63, 3.8) is 0 Å². The Morgan fingerprint density at radius 1 is 0.215 bits per heavy atom. The molecule has 1 rings (SSSR count). The van der Waals surface area contributed by atoms with Gasteiger partial charge in [-0.2, -0.15) is 0 Å². The van der Waals surface area contributed by atoms with Gasteiger partial charge in [-0.3, -0.25) is 76.7 Å². The third kappa shape index (κ3) is 49.3. The molecule has 0 aliphatic heterocycles. The second-order valence-electron chi connectivity index (χ2n) is 40.7. The molecule has 32 heteroatoms. The smallest absolute Gasteiger partial charge is 0.308 e. The quantitative estimate of drug-likeness (QED) is 0.0279. The fraction of sp³-hybridized carbons (Fsp3) is 0.837. The fourth-order valence-electron chi connectivity index (χ4n) is 15.6. The Bertz CT molecular complexity index is 3480. The fourth-order valence-corrected chi connectivity index (χ4v) is 15.6. The van der Waals surface area contributed by atoms with E-state index in [4.69, 9.17) is 52.1 Å². The van der Waals surface area contributed by atoms with Gasteiger partial charge >= 0.3 is 95.5 Å². The Morgan fingerprint density at radius 3 is 0.538 bits per heavy atom. The molecular weight excluding hydrogens is 1690 g/mol. The first-order valence-corrected chi connectivity index (χ1v) is 47.7. The maximum absolute atomic E-state index is 15.3. The van der Waals surface area contributed by atoms with Gasteiger partial charge in [-0.05, 0) is 194 Å². The summed E-state index contributed by atoms with van der Waals surface area (Å²) >= 11 is 0. The second-order valence-corrected chi connectivity index (χ2v) is 40.7. The maximum Gasteiger partial charge on any atom is 0.308 e. The molecule has 18 unspecified atom stereocenters. The molecule has 0 bridgehead atoms. The van der Waals surface area contributed by atoms with Crippen LogP contribution in [-0.2, 0) is 129 Å². The van der Waals surface area contributed by atoms with Crippen LogP contribution in [0.15, 0.2) is 0 Å². The lowest BCUT2D eigenvalue weighted by Gasteiger charge is -2.31. The zero-order chi connectivity index (χ0) is 99.1. The lowest BCUT2D eigenvalue weighted by atomic mass is 9.76. The van der Waals surface area contributed by atoms with E-state index in [1.165, 1.54) is 6.92 Å². The van der Waals surface area contributed by atoms with Crippen LogP contribution in [0.4, 0.5) is 0 Å². The molecule has 1 fully saturated rings. The number of rotatable bonds is 69. The third-order valence-corrected chi connectivity index (χ3v) is 22.8. The van der Waals surface area contributed by atoms with Crippen molar-refractivity contribution in [3.05, 3.63) is 0 Å². The minimum absolute atomic E-state index is 0.0158. The Hall–Kier alpha value is -8.48. The van der Waals surface area contributed by atoms with Crippen molar-refractivity contribution in [3.8, 4) is 0 Å². The molecule has 32 nitrogen and oxygen atoms in total. The first kappa shape index (κ1) is 120.